The summed E-state index contributed by atoms with van der Waals surface area (Å²) < 4.78 is 0. The highest BCUT2D eigenvalue weighted by Gasteiger charge is 2.38. The standard InChI is InChI=1S/C19H35N7O5S/c1-11(20)15(27)24-12(7-10-32-2)16(28)25-13(5-3-8-23-19(21)22)17(29)26-9-4-6-14(26)18(30)31/h11-14H,3-10,20H2,1-2H3,(H,24,27)(H,25,28)(H,30,31)(H4,21,22,23). The minimum absolute atomic E-state index is 0.0851. The van der Waals surface area contributed by atoms with E-state index in [1.165, 1.54) is 23.6 Å². The summed E-state index contributed by atoms with van der Waals surface area (Å²) >= 11 is 1.51. The fraction of sp³-hybridized carbons (Fsp3) is 0.737. The number of hydrogen-bond acceptors (Lipinski definition) is 7. The van der Waals surface area contributed by atoms with Gasteiger partial charge in [0.2, 0.25) is 17.7 Å². The Morgan fingerprint density at radius 3 is 2.38 bits per heavy atom. The lowest BCUT2D eigenvalue weighted by molar-refractivity contribution is -0.149. The van der Waals surface area contributed by atoms with Gasteiger partial charge >= 0.3 is 5.97 Å². The molecule has 1 rings (SSSR count). The molecule has 0 spiro atoms. The lowest BCUT2D eigenvalue weighted by atomic mass is 10.1. The van der Waals surface area contributed by atoms with Crippen LogP contribution in [0.1, 0.15) is 39.0 Å². The van der Waals surface area contributed by atoms with Gasteiger partial charge in [-0.25, -0.2) is 4.79 Å². The van der Waals surface area contributed by atoms with Crippen LogP contribution in [-0.2, 0) is 19.2 Å². The maximum absolute atomic E-state index is 13.1. The molecule has 9 N–H and O–H groups in total. The summed E-state index contributed by atoms with van der Waals surface area (Å²) in [6, 6.07) is -3.56. The maximum atomic E-state index is 13.1. The van der Waals surface area contributed by atoms with Crippen LogP contribution in [0.4, 0.5) is 0 Å². The van der Waals surface area contributed by atoms with Crippen molar-refractivity contribution >= 4 is 41.4 Å². The lowest BCUT2D eigenvalue weighted by Gasteiger charge is -2.29. The Bertz CT molecular complexity index is 700. The van der Waals surface area contributed by atoms with Gasteiger partial charge in [0.25, 0.3) is 0 Å². The molecule has 1 aliphatic rings. The summed E-state index contributed by atoms with van der Waals surface area (Å²) in [5.74, 6) is -2.04. The Morgan fingerprint density at radius 1 is 1.16 bits per heavy atom. The molecule has 4 unspecified atom stereocenters. The Morgan fingerprint density at radius 2 is 1.81 bits per heavy atom. The van der Waals surface area contributed by atoms with Gasteiger partial charge < -0.3 is 37.8 Å². The second kappa shape index (κ2) is 13.8. The highest BCUT2D eigenvalue weighted by molar-refractivity contribution is 7.98. The molecule has 0 radical (unpaired) electrons. The van der Waals surface area contributed by atoms with Gasteiger partial charge in [-0.1, -0.05) is 0 Å². The maximum Gasteiger partial charge on any atom is 0.326 e. The number of rotatable bonds is 13. The Labute approximate surface area is 192 Å². The average Bonchev–Trinajstić information content (AvgIpc) is 3.22. The molecule has 0 saturated carbocycles. The molecule has 1 heterocycles. The predicted octanol–water partition coefficient (Wildman–Crippen LogP) is -1.81. The molecule has 0 aliphatic carbocycles. The number of guanidine groups is 1. The number of thioether (sulfide) groups is 1. The van der Waals surface area contributed by atoms with E-state index in [-0.39, 0.29) is 18.9 Å². The number of carboxylic acid groups (broad SMARTS) is 1. The molecule has 0 aromatic heterocycles. The third-order valence-electron chi connectivity index (χ3n) is 5.04. The van der Waals surface area contributed by atoms with Crippen LogP contribution in [0.25, 0.3) is 0 Å². The number of carbonyl (C=O) groups excluding carboxylic acids is 3. The van der Waals surface area contributed by atoms with Crippen LogP contribution < -0.4 is 27.8 Å². The van der Waals surface area contributed by atoms with Gasteiger partial charge in [-0.2, -0.15) is 11.8 Å². The number of aliphatic carboxylic acids is 1. The molecule has 1 aliphatic heterocycles. The minimum atomic E-state index is -1.08. The van der Waals surface area contributed by atoms with Crippen LogP contribution in [0.3, 0.4) is 0 Å². The zero-order valence-corrected chi connectivity index (χ0v) is 19.4. The molecular weight excluding hydrogens is 438 g/mol. The van der Waals surface area contributed by atoms with E-state index >= 15 is 0 Å². The quantitative estimate of drug-likeness (QED) is 0.101. The molecule has 12 nitrogen and oxygen atoms in total. The van der Waals surface area contributed by atoms with Crippen LogP contribution in [-0.4, -0.2) is 88.9 Å². The van der Waals surface area contributed by atoms with Crippen molar-refractivity contribution in [2.24, 2.45) is 22.2 Å². The summed E-state index contributed by atoms with van der Waals surface area (Å²) in [6.07, 6.45) is 3.75. The van der Waals surface area contributed by atoms with E-state index in [0.717, 1.165) is 0 Å². The van der Waals surface area contributed by atoms with E-state index in [9.17, 15) is 24.3 Å². The first kappa shape index (κ1) is 27.5. The number of nitrogens with zero attached hydrogens (tertiary/aromatic N) is 2. The SMILES string of the molecule is CSCCC(NC(=O)C(C)N)C(=O)NC(CCCN=C(N)N)C(=O)N1CCCC1C(=O)O. The van der Waals surface area contributed by atoms with Crippen molar-refractivity contribution in [3.63, 3.8) is 0 Å². The van der Waals surface area contributed by atoms with Crippen LogP contribution in [0.2, 0.25) is 0 Å². The van der Waals surface area contributed by atoms with Crippen molar-refractivity contribution in [1.29, 1.82) is 0 Å². The van der Waals surface area contributed by atoms with Gasteiger partial charge in [0.15, 0.2) is 5.96 Å². The number of amides is 3. The third kappa shape index (κ3) is 8.91. The molecule has 0 aromatic carbocycles. The first-order valence-electron chi connectivity index (χ1n) is 10.5. The van der Waals surface area contributed by atoms with Crippen LogP contribution >= 0.6 is 11.8 Å². The monoisotopic (exact) mass is 473 g/mol. The van der Waals surface area contributed by atoms with Crippen molar-refractivity contribution in [2.45, 2.75) is 63.2 Å². The van der Waals surface area contributed by atoms with Crippen molar-refractivity contribution in [1.82, 2.24) is 15.5 Å². The first-order chi connectivity index (χ1) is 15.1. The van der Waals surface area contributed by atoms with Crippen LogP contribution in [0, 0.1) is 0 Å². The molecule has 32 heavy (non-hydrogen) atoms. The van der Waals surface area contributed by atoms with E-state index < -0.39 is 47.9 Å². The van der Waals surface area contributed by atoms with Crippen molar-refractivity contribution in [2.75, 3.05) is 25.1 Å². The molecule has 1 fully saturated rings. The van der Waals surface area contributed by atoms with E-state index in [4.69, 9.17) is 17.2 Å². The molecule has 3 amide bonds. The topological polar surface area (TPSA) is 206 Å². The smallest absolute Gasteiger partial charge is 0.326 e. The minimum Gasteiger partial charge on any atom is -0.480 e. The zero-order chi connectivity index (χ0) is 24.3. The first-order valence-corrected chi connectivity index (χ1v) is 11.9. The number of likely N-dealkylation sites (tertiary alicyclic amines) is 1. The highest BCUT2D eigenvalue weighted by Crippen LogP contribution is 2.20. The largest absolute Gasteiger partial charge is 0.480 e. The predicted molar refractivity (Wildman–Crippen MR) is 123 cm³/mol. The number of aliphatic imine (C=N–C) groups is 1. The van der Waals surface area contributed by atoms with Gasteiger partial charge in [0.05, 0.1) is 6.04 Å². The van der Waals surface area contributed by atoms with E-state index in [0.29, 0.717) is 38.0 Å². The summed E-state index contributed by atoms with van der Waals surface area (Å²) in [4.78, 5) is 54.8. The lowest BCUT2D eigenvalue weighted by Crippen LogP contribution is -2.57. The Kier molecular flexibility index (Phi) is 11.8. The normalized spacial score (nSPS) is 18.3. The van der Waals surface area contributed by atoms with Gasteiger partial charge in [-0.05, 0) is 51.0 Å². The summed E-state index contributed by atoms with van der Waals surface area (Å²) in [5.41, 5.74) is 16.2. The molecule has 4 atom stereocenters. The molecular formula is C19H35N7O5S. The van der Waals surface area contributed by atoms with Gasteiger partial charge in [-0.3, -0.25) is 19.4 Å². The highest BCUT2D eigenvalue weighted by atomic mass is 32.2. The number of carboxylic acids is 1. The Hall–Kier alpha value is -2.54. The molecule has 0 bridgehead atoms. The van der Waals surface area contributed by atoms with Crippen LogP contribution in [0.15, 0.2) is 4.99 Å². The summed E-state index contributed by atoms with van der Waals surface area (Å²) in [6.45, 7) is 2.06. The number of hydrogen-bond donors (Lipinski definition) is 6. The van der Waals surface area contributed by atoms with E-state index in [2.05, 4.69) is 15.6 Å². The van der Waals surface area contributed by atoms with Gasteiger partial charge in [0, 0.05) is 13.1 Å². The molecule has 182 valence electrons. The van der Waals surface area contributed by atoms with Gasteiger partial charge in [0.1, 0.15) is 18.1 Å². The molecule has 1 saturated heterocycles. The van der Waals surface area contributed by atoms with E-state index in [1.54, 1.807) is 0 Å². The second-order valence-corrected chi connectivity index (χ2v) is 8.65. The molecule has 13 heteroatoms. The number of nitrogens with two attached hydrogens (primary N) is 3. The molecule has 0 aromatic rings. The third-order valence-corrected chi connectivity index (χ3v) is 5.68. The second-order valence-electron chi connectivity index (χ2n) is 7.67. The number of nitrogens with one attached hydrogen (secondary N) is 2. The van der Waals surface area contributed by atoms with E-state index in [1.807, 2.05) is 6.26 Å². The number of carbonyl (C=O) groups is 4. The fourth-order valence-electron chi connectivity index (χ4n) is 3.33. The zero-order valence-electron chi connectivity index (χ0n) is 18.6. The van der Waals surface area contributed by atoms with Crippen molar-refractivity contribution < 1.29 is 24.3 Å². The summed E-state index contributed by atoms with van der Waals surface area (Å²) in [5, 5.41) is 14.7. The van der Waals surface area contributed by atoms with Crippen molar-refractivity contribution in [3.05, 3.63) is 0 Å². The average molecular weight is 474 g/mol. The fourth-order valence-corrected chi connectivity index (χ4v) is 3.80. The van der Waals surface area contributed by atoms with Crippen LogP contribution in [0.5, 0.6) is 0 Å². The summed E-state index contributed by atoms with van der Waals surface area (Å²) in [7, 11) is 0. The van der Waals surface area contributed by atoms with Crippen molar-refractivity contribution in [3.8, 4) is 0 Å². The van der Waals surface area contributed by atoms with Gasteiger partial charge in [-0.15, -0.1) is 0 Å². The Balaban J connectivity index is 2.98.